The highest BCUT2D eigenvalue weighted by molar-refractivity contribution is 5.84. The number of likely N-dealkylation sites (N-methyl/N-ethyl adjacent to an activating group) is 1. The van der Waals surface area contributed by atoms with Crippen LogP contribution < -0.4 is 5.32 Å². The molecule has 1 aromatic rings. The van der Waals surface area contributed by atoms with Crippen LogP contribution in [0.3, 0.4) is 0 Å². The van der Waals surface area contributed by atoms with E-state index >= 15 is 0 Å². The first kappa shape index (κ1) is 15.0. The summed E-state index contributed by atoms with van der Waals surface area (Å²) in [6.07, 6.45) is 0.924. The smallest absolute Gasteiger partial charge is 0.241 e. The maximum atomic E-state index is 12.5. The SMILES string of the molecule is CCN1C(=O)C(CC(C)C)NC1c1cc(C)ccc1C. The molecule has 1 aliphatic heterocycles. The molecule has 1 heterocycles. The Kier molecular flexibility index (Phi) is 4.48. The van der Waals surface area contributed by atoms with E-state index in [1.54, 1.807) is 0 Å². The van der Waals surface area contributed by atoms with Gasteiger partial charge in [-0.25, -0.2) is 0 Å². The predicted octanol–water partition coefficient (Wildman–Crippen LogP) is 3.17. The molecule has 2 atom stereocenters. The summed E-state index contributed by atoms with van der Waals surface area (Å²) in [5, 5.41) is 3.53. The molecule has 0 aliphatic carbocycles. The summed E-state index contributed by atoms with van der Waals surface area (Å²) >= 11 is 0. The molecule has 0 aromatic heterocycles. The van der Waals surface area contributed by atoms with Crippen LogP contribution in [0, 0.1) is 19.8 Å². The van der Waals surface area contributed by atoms with Gasteiger partial charge in [0.15, 0.2) is 0 Å². The Hall–Kier alpha value is -1.35. The Labute approximate surface area is 122 Å². The van der Waals surface area contributed by atoms with E-state index in [2.05, 4.69) is 58.1 Å². The molecule has 0 spiro atoms. The molecule has 3 heteroatoms. The number of benzene rings is 1. The second-order valence-electron chi connectivity index (χ2n) is 6.24. The van der Waals surface area contributed by atoms with E-state index in [4.69, 9.17) is 0 Å². The molecule has 20 heavy (non-hydrogen) atoms. The summed E-state index contributed by atoms with van der Waals surface area (Å²) in [5.41, 5.74) is 3.71. The van der Waals surface area contributed by atoms with Gasteiger partial charge in [0.2, 0.25) is 5.91 Å². The van der Waals surface area contributed by atoms with Gasteiger partial charge in [-0.1, -0.05) is 37.6 Å². The van der Waals surface area contributed by atoms with Gasteiger partial charge in [0, 0.05) is 6.54 Å². The lowest BCUT2D eigenvalue weighted by Crippen LogP contribution is -2.31. The minimum absolute atomic E-state index is 0.0242. The molecule has 3 nitrogen and oxygen atoms in total. The lowest BCUT2D eigenvalue weighted by molar-refractivity contribution is -0.130. The third kappa shape index (κ3) is 2.88. The van der Waals surface area contributed by atoms with Crippen LogP contribution in [0.25, 0.3) is 0 Å². The molecule has 2 rings (SSSR count). The molecule has 1 N–H and O–H groups in total. The molecule has 1 aliphatic rings. The molecule has 110 valence electrons. The van der Waals surface area contributed by atoms with E-state index in [-0.39, 0.29) is 18.1 Å². The summed E-state index contributed by atoms with van der Waals surface area (Å²) in [6, 6.07) is 6.42. The van der Waals surface area contributed by atoms with Gasteiger partial charge in [0.25, 0.3) is 0 Å². The van der Waals surface area contributed by atoms with Gasteiger partial charge in [-0.15, -0.1) is 0 Å². The molecule has 1 saturated heterocycles. The number of aryl methyl sites for hydroxylation is 2. The van der Waals surface area contributed by atoms with E-state index in [0.717, 1.165) is 13.0 Å². The van der Waals surface area contributed by atoms with Crippen LogP contribution in [0.15, 0.2) is 18.2 Å². The normalized spacial score (nSPS) is 22.9. The number of carbonyl (C=O) groups is 1. The molecule has 1 aromatic carbocycles. The minimum atomic E-state index is -0.0418. The van der Waals surface area contributed by atoms with Crippen molar-refractivity contribution in [3.8, 4) is 0 Å². The molecular weight excluding hydrogens is 248 g/mol. The van der Waals surface area contributed by atoms with E-state index in [0.29, 0.717) is 5.92 Å². The van der Waals surface area contributed by atoms with E-state index in [9.17, 15) is 4.79 Å². The van der Waals surface area contributed by atoms with Gasteiger partial charge in [-0.05, 0) is 44.2 Å². The van der Waals surface area contributed by atoms with Crippen LogP contribution >= 0.6 is 0 Å². The largest absolute Gasteiger partial charge is 0.322 e. The Morgan fingerprint density at radius 1 is 1.30 bits per heavy atom. The van der Waals surface area contributed by atoms with Crippen molar-refractivity contribution in [3.05, 3.63) is 34.9 Å². The highest BCUT2D eigenvalue weighted by atomic mass is 16.2. The number of rotatable bonds is 4. The zero-order chi connectivity index (χ0) is 14.9. The maximum Gasteiger partial charge on any atom is 0.241 e. The van der Waals surface area contributed by atoms with Crippen LogP contribution in [0.4, 0.5) is 0 Å². The summed E-state index contributed by atoms with van der Waals surface area (Å²) in [6.45, 7) is 11.3. The van der Waals surface area contributed by atoms with Gasteiger partial charge in [-0.3, -0.25) is 10.1 Å². The second kappa shape index (κ2) is 5.96. The van der Waals surface area contributed by atoms with Crippen LogP contribution in [0.2, 0.25) is 0 Å². The van der Waals surface area contributed by atoms with Crippen molar-refractivity contribution in [2.45, 2.75) is 53.2 Å². The highest BCUT2D eigenvalue weighted by Gasteiger charge is 2.39. The molecule has 1 fully saturated rings. The van der Waals surface area contributed by atoms with Gasteiger partial charge in [0.05, 0.1) is 6.04 Å². The first-order chi connectivity index (χ1) is 9.43. The number of nitrogens with zero attached hydrogens (tertiary/aromatic N) is 1. The van der Waals surface area contributed by atoms with Crippen molar-refractivity contribution in [1.29, 1.82) is 0 Å². The number of amides is 1. The van der Waals surface area contributed by atoms with Crippen LogP contribution in [-0.2, 0) is 4.79 Å². The van der Waals surface area contributed by atoms with Crippen molar-refractivity contribution in [2.24, 2.45) is 5.92 Å². The van der Waals surface area contributed by atoms with Gasteiger partial charge in [-0.2, -0.15) is 0 Å². The fourth-order valence-electron chi connectivity index (χ4n) is 2.97. The minimum Gasteiger partial charge on any atom is -0.322 e. The quantitative estimate of drug-likeness (QED) is 0.914. The van der Waals surface area contributed by atoms with Gasteiger partial charge in [0.1, 0.15) is 6.17 Å². The number of hydrogen-bond donors (Lipinski definition) is 1. The fourth-order valence-corrected chi connectivity index (χ4v) is 2.97. The standard InChI is InChI=1S/C17H26N2O/c1-6-19-16(14-10-12(4)7-8-13(14)5)18-15(17(19)20)9-11(2)3/h7-8,10-11,15-16,18H,6,9H2,1-5H3. The van der Waals surface area contributed by atoms with E-state index in [1.807, 2.05) is 4.90 Å². The molecule has 0 saturated carbocycles. The molecular formula is C17H26N2O. The number of hydrogen-bond acceptors (Lipinski definition) is 2. The Bertz CT molecular complexity index is 496. The summed E-state index contributed by atoms with van der Waals surface area (Å²) < 4.78 is 0. The fraction of sp³-hybridized carbons (Fsp3) is 0.588. The van der Waals surface area contributed by atoms with Crippen LogP contribution in [-0.4, -0.2) is 23.4 Å². The van der Waals surface area contributed by atoms with Crippen molar-refractivity contribution in [2.75, 3.05) is 6.54 Å². The predicted molar refractivity (Wildman–Crippen MR) is 82.4 cm³/mol. The van der Waals surface area contributed by atoms with Crippen molar-refractivity contribution >= 4 is 5.91 Å². The third-order valence-electron chi connectivity index (χ3n) is 4.03. The lowest BCUT2D eigenvalue weighted by atomic mass is 10.0. The van der Waals surface area contributed by atoms with E-state index < -0.39 is 0 Å². The summed E-state index contributed by atoms with van der Waals surface area (Å²) in [4.78, 5) is 14.5. The molecule has 0 bridgehead atoms. The first-order valence-corrected chi connectivity index (χ1v) is 7.57. The van der Waals surface area contributed by atoms with Crippen LogP contribution in [0.5, 0.6) is 0 Å². The van der Waals surface area contributed by atoms with E-state index in [1.165, 1.54) is 16.7 Å². The average Bonchev–Trinajstić information content (AvgIpc) is 2.68. The average molecular weight is 274 g/mol. The third-order valence-corrected chi connectivity index (χ3v) is 4.03. The monoisotopic (exact) mass is 274 g/mol. The van der Waals surface area contributed by atoms with Crippen molar-refractivity contribution in [1.82, 2.24) is 10.2 Å². The first-order valence-electron chi connectivity index (χ1n) is 7.57. The van der Waals surface area contributed by atoms with Crippen molar-refractivity contribution in [3.63, 3.8) is 0 Å². The maximum absolute atomic E-state index is 12.5. The second-order valence-corrected chi connectivity index (χ2v) is 6.24. The van der Waals surface area contributed by atoms with Gasteiger partial charge < -0.3 is 4.90 Å². The summed E-state index contributed by atoms with van der Waals surface area (Å²) in [7, 11) is 0. The molecule has 2 unspecified atom stereocenters. The Balaban J connectivity index is 2.31. The number of nitrogens with one attached hydrogen (secondary N) is 1. The highest BCUT2D eigenvalue weighted by Crippen LogP contribution is 2.29. The van der Waals surface area contributed by atoms with Crippen molar-refractivity contribution < 1.29 is 4.79 Å². The van der Waals surface area contributed by atoms with Gasteiger partial charge >= 0.3 is 0 Å². The number of carbonyl (C=O) groups excluding carboxylic acids is 1. The molecule has 0 radical (unpaired) electrons. The molecule has 1 amide bonds. The summed E-state index contributed by atoms with van der Waals surface area (Å²) in [5.74, 6) is 0.764. The van der Waals surface area contributed by atoms with Crippen LogP contribution in [0.1, 0.15) is 50.0 Å². The lowest BCUT2D eigenvalue weighted by Gasteiger charge is -2.24. The zero-order valence-electron chi connectivity index (χ0n) is 13.2. The zero-order valence-corrected chi connectivity index (χ0v) is 13.2. The Morgan fingerprint density at radius 3 is 2.60 bits per heavy atom. The Morgan fingerprint density at radius 2 is 2.00 bits per heavy atom. The topological polar surface area (TPSA) is 32.3 Å².